The summed E-state index contributed by atoms with van der Waals surface area (Å²) >= 11 is 0. The van der Waals surface area contributed by atoms with Crippen LogP contribution in [0.25, 0.3) is 0 Å². The maximum atomic E-state index is 12.6. The molecule has 24 heavy (non-hydrogen) atoms. The smallest absolute Gasteiger partial charge is 0.260 e. The Morgan fingerprint density at radius 3 is 2.92 bits per heavy atom. The van der Waals surface area contributed by atoms with Crippen molar-refractivity contribution in [2.45, 2.75) is 43.7 Å². The zero-order valence-electron chi connectivity index (χ0n) is 13.6. The quantitative estimate of drug-likeness (QED) is 0.821. The molecule has 1 saturated heterocycles. The zero-order chi connectivity index (χ0) is 17.6. The third-order valence-electron chi connectivity index (χ3n) is 3.86. The Morgan fingerprint density at radius 2 is 2.25 bits per heavy atom. The van der Waals surface area contributed by atoms with Gasteiger partial charge in [0.25, 0.3) is 10.0 Å². The summed E-state index contributed by atoms with van der Waals surface area (Å²) in [5.41, 5.74) is 0. The van der Waals surface area contributed by atoms with E-state index in [1.54, 1.807) is 12.1 Å². The third kappa shape index (κ3) is 4.61. The molecule has 1 aromatic rings. The van der Waals surface area contributed by atoms with E-state index in [0.717, 1.165) is 4.31 Å². The summed E-state index contributed by atoms with van der Waals surface area (Å²) < 4.78 is 26.3. The highest BCUT2D eigenvalue weighted by Crippen LogP contribution is 2.17. The average molecular weight is 352 g/mol. The molecule has 1 aliphatic heterocycles. The van der Waals surface area contributed by atoms with E-state index in [4.69, 9.17) is 0 Å². The number of rotatable bonds is 6. The Kier molecular flexibility index (Phi) is 6.44. The SMILES string of the molecule is C[CH]CCC(=O)NC1CCCN(S(=O)(=O)c2ccccn2)CC1=O. The lowest BCUT2D eigenvalue weighted by atomic mass is 10.1. The van der Waals surface area contributed by atoms with Crippen LogP contribution >= 0.6 is 0 Å². The van der Waals surface area contributed by atoms with Gasteiger partial charge in [0, 0.05) is 19.2 Å². The van der Waals surface area contributed by atoms with E-state index in [9.17, 15) is 18.0 Å². The van der Waals surface area contributed by atoms with Gasteiger partial charge >= 0.3 is 0 Å². The maximum Gasteiger partial charge on any atom is 0.260 e. The molecule has 1 N–H and O–H groups in total. The fraction of sp³-hybridized carbons (Fsp3) is 0.500. The molecule has 0 bridgehead atoms. The van der Waals surface area contributed by atoms with Crippen molar-refractivity contribution in [2.75, 3.05) is 13.1 Å². The van der Waals surface area contributed by atoms with E-state index in [1.807, 2.05) is 13.3 Å². The first-order valence-electron chi connectivity index (χ1n) is 7.96. The minimum atomic E-state index is -3.80. The number of nitrogens with one attached hydrogen (secondary N) is 1. The molecular formula is C16H22N3O4S. The lowest BCUT2D eigenvalue weighted by molar-refractivity contribution is -0.127. The minimum Gasteiger partial charge on any atom is -0.346 e. The van der Waals surface area contributed by atoms with Gasteiger partial charge in [-0.05, 0) is 37.8 Å². The average Bonchev–Trinajstić information content (AvgIpc) is 2.76. The van der Waals surface area contributed by atoms with Gasteiger partial charge in [-0.2, -0.15) is 4.31 Å². The maximum absolute atomic E-state index is 12.6. The first-order valence-corrected chi connectivity index (χ1v) is 9.40. The second kappa shape index (κ2) is 8.34. The van der Waals surface area contributed by atoms with E-state index >= 15 is 0 Å². The molecule has 1 amide bonds. The van der Waals surface area contributed by atoms with Gasteiger partial charge in [-0.15, -0.1) is 0 Å². The lowest BCUT2D eigenvalue weighted by Crippen LogP contribution is -2.44. The van der Waals surface area contributed by atoms with Crippen LogP contribution in [0.3, 0.4) is 0 Å². The van der Waals surface area contributed by atoms with Crippen molar-refractivity contribution in [1.82, 2.24) is 14.6 Å². The van der Waals surface area contributed by atoms with Gasteiger partial charge in [0.05, 0.1) is 12.6 Å². The molecule has 7 nitrogen and oxygen atoms in total. The number of carbonyl (C=O) groups excluding carboxylic acids is 2. The van der Waals surface area contributed by atoms with Crippen molar-refractivity contribution < 1.29 is 18.0 Å². The van der Waals surface area contributed by atoms with Crippen LogP contribution in [-0.4, -0.2) is 48.5 Å². The van der Waals surface area contributed by atoms with Crippen LogP contribution in [-0.2, 0) is 19.6 Å². The highest BCUT2D eigenvalue weighted by molar-refractivity contribution is 7.89. The van der Waals surface area contributed by atoms with Crippen molar-refractivity contribution in [3.05, 3.63) is 30.8 Å². The number of sulfonamides is 1. The van der Waals surface area contributed by atoms with Gasteiger partial charge in [-0.1, -0.05) is 13.0 Å². The Bertz CT molecular complexity index is 676. The summed E-state index contributed by atoms with van der Waals surface area (Å²) in [6, 6.07) is 4.00. The zero-order valence-corrected chi connectivity index (χ0v) is 14.5. The molecule has 2 rings (SSSR count). The highest BCUT2D eigenvalue weighted by Gasteiger charge is 2.33. The summed E-state index contributed by atoms with van der Waals surface area (Å²) in [6.45, 7) is 1.86. The summed E-state index contributed by atoms with van der Waals surface area (Å²) in [5.74, 6) is -0.478. The van der Waals surface area contributed by atoms with Crippen molar-refractivity contribution in [3.63, 3.8) is 0 Å². The molecule has 0 saturated carbocycles. The normalized spacial score (nSPS) is 19.7. The molecule has 1 aliphatic rings. The fourth-order valence-corrected chi connectivity index (χ4v) is 3.90. The number of hydrogen-bond acceptors (Lipinski definition) is 5. The highest BCUT2D eigenvalue weighted by atomic mass is 32.2. The molecule has 0 aromatic carbocycles. The molecule has 1 fully saturated rings. The molecule has 1 radical (unpaired) electrons. The fourth-order valence-electron chi connectivity index (χ4n) is 2.53. The number of Topliss-reactive ketones (excluding diaryl/α,β-unsaturated/α-hetero) is 1. The molecule has 0 aliphatic carbocycles. The van der Waals surface area contributed by atoms with Crippen molar-refractivity contribution in [1.29, 1.82) is 0 Å². The van der Waals surface area contributed by atoms with E-state index in [1.165, 1.54) is 12.3 Å². The number of carbonyl (C=O) groups is 2. The first kappa shape index (κ1) is 18.5. The predicted octanol–water partition coefficient (Wildman–Crippen LogP) is 0.924. The molecule has 1 atom stereocenters. The number of ketones is 1. The van der Waals surface area contributed by atoms with Crippen LogP contribution in [0.2, 0.25) is 0 Å². The summed E-state index contributed by atoms with van der Waals surface area (Å²) in [7, 11) is -3.80. The summed E-state index contributed by atoms with van der Waals surface area (Å²) in [6.07, 6.45) is 5.20. The Morgan fingerprint density at radius 1 is 1.46 bits per heavy atom. The molecule has 2 heterocycles. The molecule has 1 aromatic heterocycles. The van der Waals surface area contributed by atoms with Crippen LogP contribution in [0.15, 0.2) is 29.4 Å². The monoisotopic (exact) mass is 352 g/mol. The third-order valence-corrected chi connectivity index (χ3v) is 5.62. The topological polar surface area (TPSA) is 96.4 Å². The second-order valence-corrected chi connectivity index (χ2v) is 7.57. The lowest BCUT2D eigenvalue weighted by Gasteiger charge is -2.19. The molecular weight excluding hydrogens is 330 g/mol. The Labute approximate surface area is 142 Å². The van der Waals surface area contributed by atoms with Gasteiger partial charge in [0.15, 0.2) is 10.8 Å². The van der Waals surface area contributed by atoms with Gasteiger partial charge in [0.2, 0.25) is 5.91 Å². The summed E-state index contributed by atoms with van der Waals surface area (Å²) in [5, 5.41) is 2.64. The van der Waals surface area contributed by atoms with E-state index in [-0.39, 0.29) is 29.8 Å². The van der Waals surface area contributed by atoms with Crippen molar-refractivity contribution >= 4 is 21.7 Å². The summed E-state index contributed by atoms with van der Waals surface area (Å²) in [4.78, 5) is 28.0. The van der Waals surface area contributed by atoms with Crippen LogP contribution in [0.4, 0.5) is 0 Å². The molecule has 131 valence electrons. The van der Waals surface area contributed by atoms with Crippen LogP contribution in [0.1, 0.15) is 32.6 Å². The van der Waals surface area contributed by atoms with Crippen LogP contribution in [0, 0.1) is 6.42 Å². The molecule has 8 heteroatoms. The van der Waals surface area contributed by atoms with Crippen LogP contribution < -0.4 is 5.32 Å². The van der Waals surface area contributed by atoms with E-state index < -0.39 is 16.1 Å². The standard InChI is InChI=1S/C16H22N3O4S/c1-2-3-8-15(21)18-13-7-6-11-19(12-14(13)20)24(22,23)16-9-4-5-10-17-16/h2,4-5,9-10,13H,3,6-8,11-12H2,1H3,(H,18,21). The second-order valence-electron chi connectivity index (χ2n) is 5.68. The van der Waals surface area contributed by atoms with Crippen molar-refractivity contribution in [3.8, 4) is 0 Å². The van der Waals surface area contributed by atoms with Gasteiger partial charge in [-0.25, -0.2) is 13.4 Å². The number of nitrogens with zero attached hydrogens (tertiary/aromatic N) is 2. The van der Waals surface area contributed by atoms with Crippen molar-refractivity contribution in [2.24, 2.45) is 0 Å². The Hall–Kier alpha value is -1.80. The Balaban J connectivity index is 2.05. The van der Waals surface area contributed by atoms with E-state index in [2.05, 4.69) is 10.3 Å². The van der Waals surface area contributed by atoms with Gasteiger partial charge < -0.3 is 5.32 Å². The number of pyridine rings is 1. The minimum absolute atomic E-state index is 0.0706. The number of hydrogen-bond donors (Lipinski definition) is 1. The number of unbranched alkanes of at least 4 members (excludes halogenated alkanes) is 1. The number of amides is 1. The van der Waals surface area contributed by atoms with Gasteiger partial charge in [-0.3, -0.25) is 9.59 Å². The predicted molar refractivity (Wildman–Crippen MR) is 88.4 cm³/mol. The molecule has 0 spiro atoms. The van der Waals surface area contributed by atoms with Crippen LogP contribution in [0.5, 0.6) is 0 Å². The molecule has 1 unspecified atom stereocenters. The largest absolute Gasteiger partial charge is 0.346 e. The van der Waals surface area contributed by atoms with E-state index in [0.29, 0.717) is 25.7 Å². The first-order chi connectivity index (χ1) is 11.4. The van der Waals surface area contributed by atoms with Gasteiger partial charge in [0.1, 0.15) is 0 Å². The number of aromatic nitrogens is 1.